The van der Waals surface area contributed by atoms with Crippen LogP contribution in [-0.4, -0.2) is 41.8 Å². The van der Waals surface area contributed by atoms with E-state index < -0.39 is 6.09 Å². The van der Waals surface area contributed by atoms with Crippen LogP contribution in [0.1, 0.15) is 36.3 Å². The number of piperidine rings is 1. The maximum atomic E-state index is 10.7. The highest BCUT2D eigenvalue weighted by Gasteiger charge is 2.19. The third kappa shape index (κ3) is 5.97. The molecule has 1 fully saturated rings. The summed E-state index contributed by atoms with van der Waals surface area (Å²) in [7, 11) is 0. The summed E-state index contributed by atoms with van der Waals surface area (Å²) in [5, 5.41) is 11.4. The first-order valence-electron chi connectivity index (χ1n) is 9.69. The molecule has 0 atom stereocenters. The molecule has 4 heteroatoms. The largest absolute Gasteiger partial charge is 0.465 e. The van der Waals surface area contributed by atoms with Crippen LogP contribution < -0.4 is 5.32 Å². The molecule has 4 nitrogen and oxygen atoms in total. The van der Waals surface area contributed by atoms with Gasteiger partial charge < -0.3 is 10.4 Å². The number of nitrogens with one attached hydrogen (secondary N) is 1. The van der Waals surface area contributed by atoms with Gasteiger partial charge in [0.15, 0.2) is 0 Å². The van der Waals surface area contributed by atoms with Gasteiger partial charge in [-0.15, -0.1) is 0 Å². The quantitative estimate of drug-likeness (QED) is 0.712. The Balaban J connectivity index is 1.53. The van der Waals surface area contributed by atoms with E-state index in [-0.39, 0.29) is 6.04 Å². The standard InChI is InChI=1S/C23H28N2O2/c26-23(27)24-21-14-17-25(18-15-21)16-8-7-13-22(19-9-3-1-4-10-19)20-11-5-2-6-12-20/h1-12,21-22,24H,13-18H2,(H,26,27)/b8-7-. The lowest BCUT2D eigenvalue weighted by Gasteiger charge is -2.30. The number of amides is 1. The molecule has 0 spiro atoms. The maximum absolute atomic E-state index is 10.7. The summed E-state index contributed by atoms with van der Waals surface area (Å²) >= 11 is 0. The van der Waals surface area contributed by atoms with Gasteiger partial charge in [-0.1, -0.05) is 72.8 Å². The highest BCUT2D eigenvalue weighted by Crippen LogP contribution is 2.28. The van der Waals surface area contributed by atoms with Crippen molar-refractivity contribution in [3.63, 3.8) is 0 Å². The Bertz CT molecular complexity index is 683. The van der Waals surface area contributed by atoms with Crippen molar-refractivity contribution in [3.05, 3.63) is 83.9 Å². The highest BCUT2D eigenvalue weighted by molar-refractivity contribution is 5.64. The second-order valence-corrected chi connectivity index (χ2v) is 7.11. The Morgan fingerprint density at radius 1 is 1.00 bits per heavy atom. The average molecular weight is 364 g/mol. The highest BCUT2D eigenvalue weighted by atomic mass is 16.4. The van der Waals surface area contributed by atoms with Crippen LogP contribution in [0.15, 0.2) is 72.8 Å². The molecule has 0 radical (unpaired) electrons. The molecule has 0 saturated carbocycles. The van der Waals surface area contributed by atoms with E-state index in [1.54, 1.807) is 0 Å². The van der Waals surface area contributed by atoms with Crippen molar-refractivity contribution in [1.82, 2.24) is 10.2 Å². The molecule has 1 heterocycles. The van der Waals surface area contributed by atoms with Gasteiger partial charge in [-0.2, -0.15) is 0 Å². The molecule has 3 rings (SSSR count). The van der Waals surface area contributed by atoms with Gasteiger partial charge in [-0.25, -0.2) is 4.79 Å². The van der Waals surface area contributed by atoms with Crippen molar-refractivity contribution in [1.29, 1.82) is 0 Å². The normalized spacial score (nSPS) is 16.0. The molecule has 0 aliphatic carbocycles. The molecular weight excluding hydrogens is 336 g/mol. The third-order valence-electron chi connectivity index (χ3n) is 5.22. The first-order chi connectivity index (χ1) is 13.2. The molecule has 0 aromatic heterocycles. The van der Waals surface area contributed by atoms with Crippen molar-refractivity contribution in [3.8, 4) is 0 Å². The second kappa shape index (κ2) is 9.93. The van der Waals surface area contributed by atoms with Gasteiger partial charge in [0.2, 0.25) is 0 Å². The number of nitrogens with zero attached hydrogens (tertiary/aromatic N) is 1. The minimum absolute atomic E-state index is 0.100. The summed E-state index contributed by atoms with van der Waals surface area (Å²) in [4.78, 5) is 13.1. The van der Waals surface area contributed by atoms with Gasteiger partial charge in [0.1, 0.15) is 0 Å². The number of likely N-dealkylation sites (tertiary alicyclic amines) is 1. The zero-order valence-electron chi connectivity index (χ0n) is 15.6. The Morgan fingerprint density at radius 2 is 1.56 bits per heavy atom. The SMILES string of the molecule is O=C(O)NC1CCN(C/C=C\CC(c2ccccc2)c2ccccc2)CC1. The fourth-order valence-corrected chi connectivity index (χ4v) is 3.73. The predicted octanol–water partition coefficient (Wildman–Crippen LogP) is 4.50. The minimum Gasteiger partial charge on any atom is -0.465 e. The van der Waals surface area contributed by atoms with Crippen LogP contribution in [0.2, 0.25) is 0 Å². The van der Waals surface area contributed by atoms with E-state index in [1.165, 1.54) is 11.1 Å². The topological polar surface area (TPSA) is 52.6 Å². The van der Waals surface area contributed by atoms with Crippen molar-refractivity contribution in [2.24, 2.45) is 0 Å². The number of allylic oxidation sites excluding steroid dienone is 1. The van der Waals surface area contributed by atoms with Crippen LogP contribution in [0.25, 0.3) is 0 Å². The summed E-state index contributed by atoms with van der Waals surface area (Å²) < 4.78 is 0. The molecular formula is C23H28N2O2. The van der Waals surface area contributed by atoms with Crippen molar-refractivity contribution < 1.29 is 9.90 Å². The van der Waals surface area contributed by atoms with Gasteiger partial charge in [-0.05, 0) is 30.4 Å². The Morgan fingerprint density at radius 3 is 2.07 bits per heavy atom. The molecule has 0 unspecified atom stereocenters. The van der Waals surface area contributed by atoms with Crippen LogP contribution in [0.4, 0.5) is 4.79 Å². The number of carbonyl (C=O) groups is 1. The summed E-state index contributed by atoms with van der Waals surface area (Å²) in [6, 6.07) is 21.4. The van der Waals surface area contributed by atoms with Crippen LogP contribution in [0, 0.1) is 0 Å². The molecule has 1 saturated heterocycles. The first-order valence-corrected chi connectivity index (χ1v) is 9.69. The van der Waals surface area contributed by atoms with E-state index in [4.69, 9.17) is 5.11 Å². The summed E-state index contributed by atoms with van der Waals surface area (Å²) in [6.45, 7) is 2.81. The number of hydrogen-bond donors (Lipinski definition) is 2. The minimum atomic E-state index is -0.916. The maximum Gasteiger partial charge on any atom is 0.404 e. The summed E-state index contributed by atoms with van der Waals surface area (Å²) in [6.07, 6.45) is 6.37. The monoisotopic (exact) mass is 364 g/mol. The van der Waals surface area contributed by atoms with Gasteiger partial charge in [0.25, 0.3) is 0 Å². The molecule has 1 aliphatic heterocycles. The Kier molecular flexibility index (Phi) is 7.05. The molecule has 2 N–H and O–H groups in total. The van der Waals surface area contributed by atoms with Crippen LogP contribution >= 0.6 is 0 Å². The zero-order valence-corrected chi connectivity index (χ0v) is 15.6. The lowest BCUT2D eigenvalue weighted by molar-refractivity contribution is 0.173. The fraction of sp³-hybridized carbons (Fsp3) is 0.348. The Labute approximate surface area is 161 Å². The molecule has 142 valence electrons. The van der Waals surface area contributed by atoms with Crippen molar-refractivity contribution in [2.75, 3.05) is 19.6 Å². The van der Waals surface area contributed by atoms with E-state index in [0.717, 1.165) is 38.9 Å². The Hall–Kier alpha value is -2.59. The lowest BCUT2D eigenvalue weighted by atomic mass is 9.88. The van der Waals surface area contributed by atoms with Crippen molar-refractivity contribution in [2.45, 2.75) is 31.2 Å². The smallest absolute Gasteiger partial charge is 0.404 e. The van der Waals surface area contributed by atoms with Gasteiger partial charge >= 0.3 is 6.09 Å². The third-order valence-corrected chi connectivity index (χ3v) is 5.22. The number of hydrogen-bond acceptors (Lipinski definition) is 2. The summed E-state index contributed by atoms with van der Waals surface area (Å²) in [5.74, 6) is 0.370. The number of rotatable bonds is 7. The molecule has 2 aromatic rings. The summed E-state index contributed by atoms with van der Waals surface area (Å²) in [5.41, 5.74) is 2.68. The van der Waals surface area contributed by atoms with Crippen LogP contribution in [0.3, 0.4) is 0 Å². The van der Waals surface area contributed by atoms with E-state index in [2.05, 4.69) is 83.0 Å². The van der Waals surface area contributed by atoms with Gasteiger partial charge in [0, 0.05) is 31.6 Å². The first kappa shape index (κ1) is 19.2. The molecule has 1 amide bonds. The van der Waals surface area contributed by atoms with Gasteiger partial charge in [-0.3, -0.25) is 4.90 Å². The molecule has 1 aliphatic rings. The predicted molar refractivity (Wildman–Crippen MR) is 109 cm³/mol. The van der Waals surface area contributed by atoms with E-state index in [1.807, 2.05) is 0 Å². The van der Waals surface area contributed by atoms with Crippen LogP contribution in [0.5, 0.6) is 0 Å². The lowest BCUT2D eigenvalue weighted by Crippen LogP contribution is -2.44. The molecule has 27 heavy (non-hydrogen) atoms. The number of carboxylic acid groups (broad SMARTS) is 1. The molecule has 0 bridgehead atoms. The van der Waals surface area contributed by atoms with Gasteiger partial charge in [0.05, 0.1) is 0 Å². The van der Waals surface area contributed by atoms with E-state index in [0.29, 0.717) is 5.92 Å². The average Bonchev–Trinajstić information content (AvgIpc) is 2.70. The van der Waals surface area contributed by atoms with E-state index >= 15 is 0 Å². The molecule has 2 aromatic carbocycles. The van der Waals surface area contributed by atoms with Crippen LogP contribution in [-0.2, 0) is 0 Å². The number of benzene rings is 2. The van der Waals surface area contributed by atoms with Crippen molar-refractivity contribution >= 4 is 6.09 Å². The zero-order chi connectivity index (χ0) is 18.9. The second-order valence-electron chi connectivity index (χ2n) is 7.11. The fourth-order valence-electron chi connectivity index (χ4n) is 3.73. The van der Waals surface area contributed by atoms with E-state index in [9.17, 15) is 4.79 Å².